The molecule has 1 amide bonds. The van der Waals surface area contributed by atoms with Gasteiger partial charge in [-0.3, -0.25) is 4.79 Å². The molecule has 6 heteroatoms. The van der Waals surface area contributed by atoms with Gasteiger partial charge in [-0.15, -0.1) is 0 Å². The molecule has 0 aliphatic carbocycles. The number of ether oxygens (including phenoxy) is 3. The molecule has 2 rings (SSSR count). The van der Waals surface area contributed by atoms with Crippen LogP contribution in [-0.2, 0) is 20.7 Å². The van der Waals surface area contributed by atoms with Gasteiger partial charge < -0.3 is 19.1 Å². The predicted molar refractivity (Wildman–Crippen MR) is 89.1 cm³/mol. The Morgan fingerprint density at radius 1 is 1.43 bits per heavy atom. The SMILES string of the molecule is COCC1CN(C(=O)Cc2cc(Cl)ccc2OC)CC(C)(C)O1. The lowest BCUT2D eigenvalue weighted by molar-refractivity contribution is -0.168. The lowest BCUT2D eigenvalue weighted by atomic mass is 10.0. The van der Waals surface area contributed by atoms with Crippen molar-refractivity contribution in [2.75, 3.05) is 33.9 Å². The van der Waals surface area contributed by atoms with E-state index in [4.69, 9.17) is 25.8 Å². The maximum atomic E-state index is 12.7. The van der Waals surface area contributed by atoms with Crippen LogP contribution in [0.25, 0.3) is 0 Å². The van der Waals surface area contributed by atoms with Crippen molar-refractivity contribution in [3.63, 3.8) is 0 Å². The Bertz CT molecular complexity index is 562. The number of amides is 1. The fourth-order valence-electron chi connectivity index (χ4n) is 2.92. The van der Waals surface area contributed by atoms with Gasteiger partial charge in [-0.2, -0.15) is 0 Å². The van der Waals surface area contributed by atoms with Crippen molar-refractivity contribution in [2.24, 2.45) is 0 Å². The van der Waals surface area contributed by atoms with Crippen LogP contribution in [0.4, 0.5) is 0 Å². The average molecular weight is 342 g/mol. The Balaban J connectivity index is 2.12. The van der Waals surface area contributed by atoms with E-state index in [0.29, 0.717) is 30.5 Å². The largest absolute Gasteiger partial charge is 0.496 e. The number of morpholine rings is 1. The highest BCUT2D eigenvalue weighted by Gasteiger charge is 2.35. The zero-order valence-electron chi connectivity index (χ0n) is 14.1. The maximum Gasteiger partial charge on any atom is 0.227 e. The van der Waals surface area contributed by atoms with Crippen LogP contribution in [0.5, 0.6) is 5.75 Å². The van der Waals surface area contributed by atoms with Gasteiger partial charge in [0.1, 0.15) is 5.75 Å². The second kappa shape index (κ2) is 7.51. The molecule has 0 saturated carbocycles. The van der Waals surface area contributed by atoms with Crippen molar-refractivity contribution < 1.29 is 19.0 Å². The molecule has 1 aliphatic heterocycles. The van der Waals surface area contributed by atoms with E-state index in [1.54, 1.807) is 32.4 Å². The Morgan fingerprint density at radius 2 is 2.17 bits per heavy atom. The Morgan fingerprint density at radius 3 is 2.83 bits per heavy atom. The first-order chi connectivity index (χ1) is 10.8. The van der Waals surface area contributed by atoms with E-state index in [1.165, 1.54) is 0 Å². The lowest BCUT2D eigenvalue weighted by Crippen LogP contribution is -2.56. The molecule has 1 atom stereocenters. The lowest BCUT2D eigenvalue weighted by Gasteiger charge is -2.42. The first-order valence-corrected chi connectivity index (χ1v) is 7.99. The predicted octanol–water partition coefficient (Wildman–Crippen LogP) is 2.54. The number of hydrogen-bond acceptors (Lipinski definition) is 4. The molecule has 5 nitrogen and oxygen atoms in total. The van der Waals surface area contributed by atoms with Gasteiger partial charge in [0.15, 0.2) is 0 Å². The summed E-state index contributed by atoms with van der Waals surface area (Å²) in [5.41, 5.74) is 0.396. The van der Waals surface area contributed by atoms with Crippen molar-refractivity contribution in [3.05, 3.63) is 28.8 Å². The normalized spacial score (nSPS) is 20.4. The molecule has 0 aromatic heterocycles. The highest BCUT2D eigenvalue weighted by molar-refractivity contribution is 6.30. The van der Waals surface area contributed by atoms with Gasteiger partial charge >= 0.3 is 0 Å². The van der Waals surface area contributed by atoms with Gasteiger partial charge in [0, 0.05) is 30.8 Å². The standard InChI is InChI=1S/C17H24ClNO4/c1-17(2)11-19(9-14(23-17)10-21-3)16(20)8-12-7-13(18)5-6-15(12)22-4/h5-7,14H,8-11H2,1-4H3. The molecule has 23 heavy (non-hydrogen) atoms. The zero-order chi connectivity index (χ0) is 17.0. The summed E-state index contributed by atoms with van der Waals surface area (Å²) in [7, 11) is 3.22. The summed E-state index contributed by atoms with van der Waals surface area (Å²) in [6.45, 7) is 5.51. The molecule has 0 spiro atoms. The Kier molecular flexibility index (Phi) is 5.89. The molecule has 1 aromatic rings. The minimum Gasteiger partial charge on any atom is -0.496 e. The number of carbonyl (C=O) groups excluding carboxylic acids is 1. The van der Waals surface area contributed by atoms with Gasteiger partial charge in [-0.25, -0.2) is 0 Å². The molecule has 0 bridgehead atoms. The second-order valence-corrected chi connectivity index (χ2v) is 6.80. The summed E-state index contributed by atoms with van der Waals surface area (Å²) >= 11 is 6.04. The van der Waals surface area contributed by atoms with Gasteiger partial charge in [-0.1, -0.05) is 11.6 Å². The van der Waals surface area contributed by atoms with Crippen molar-refractivity contribution in [1.29, 1.82) is 0 Å². The van der Waals surface area contributed by atoms with Crippen LogP contribution in [0, 0.1) is 0 Å². The summed E-state index contributed by atoms with van der Waals surface area (Å²) in [6, 6.07) is 5.30. The van der Waals surface area contributed by atoms with E-state index >= 15 is 0 Å². The third-order valence-electron chi connectivity index (χ3n) is 3.77. The third-order valence-corrected chi connectivity index (χ3v) is 4.01. The number of rotatable bonds is 5. The molecule has 0 N–H and O–H groups in total. The van der Waals surface area contributed by atoms with Gasteiger partial charge in [0.2, 0.25) is 5.91 Å². The van der Waals surface area contributed by atoms with Gasteiger partial charge in [0.05, 0.1) is 31.8 Å². The number of hydrogen-bond donors (Lipinski definition) is 0. The summed E-state index contributed by atoms with van der Waals surface area (Å²) in [6.07, 6.45) is 0.133. The molecule has 1 heterocycles. The van der Waals surface area contributed by atoms with E-state index in [-0.39, 0.29) is 18.4 Å². The quantitative estimate of drug-likeness (QED) is 0.825. The number of methoxy groups -OCH3 is 2. The first-order valence-electron chi connectivity index (χ1n) is 7.61. The minimum atomic E-state index is -0.393. The summed E-state index contributed by atoms with van der Waals surface area (Å²) in [5.74, 6) is 0.701. The van der Waals surface area contributed by atoms with Crippen LogP contribution >= 0.6 is 11.6 Å². The van der Waals surface area contributed by atoms with Crippen molar-refractivity contribution in [2.45, 2.75) is 32.0 Å². The van der Waals surface area contributed by atoms with E-state index in [1.807, 2.05) is 18.7 Å². The van der Waals surface area contributed by atoms with E-state index in [0.717, 1.165) is 5.56 Å². The first kappa shape index (κ1) is 18.0. The fraction of sp³-hybridized carbons (Fsp3) is 0.588. The fourth-order valence-corrected chi connectivity index (χ4v) is 3.11. The molecular weight excluding hydrogens is 318 g/mol. The maximum absolute atomic E-state index is 12.7. The second-order valence-electron chi connectivity index (χ2n) is 6.36. The molecule has 1 aromatic carbocycles. The van der Waals surface area contributed by atoms with Crippen LogP contribution in [0.3, 0.4) is 0 Å². The monoisotopic (exact) mass is 341 g/mol. The topological polar surface area (TPSA) is 48.0 Å². The number of halogens is 1. The number of nitrogens with zero attached hydrogens (tertiary/aromatic N) is 1. The smallest absolute Gasteiger partial charge is 0.227 e. The molecule has 1 saturated heterocycles. The molecule has 1 fully saturated rings. The van der Waals surface area contributed by atoms with Crippen LogP contribution in [0.2, 0.25) is 5.02 Å². The van der Waals surface area contributed by atoms with Crippen LogP contribution in [0.15, 0.2) is 18.2 Å². The minimum absolute atomic E-state index is 0.0306. The number of benzene rings is 1. The van der Waals surface area contributed by atoms with E-state index < -0.39 is 5.60 Å². The van der Waals surface area contributed by atoms with Crippen LogP contribution < -0.4 is 4.74 Å². The van der Waals surface area contributed by atoms with Crippen molar-refractivity contribution in [1.82, 2.24) is 4.90 Å². The van der Waals surface area contributed by atoms with Crippen LogP contribution in [-0.4, -0.2) is 56.4 Å². The van der Waals surface area contributed by atoms with E-state index in [9.17, 15) is 4.79 Å². The van der Waals surface area contributed by atoms with Gasteiger partial charge in [-0.05, 0) is 32.0 Å². The summed E-state index contributed by atoms with van der Waals surface area (Å²) in [5, 5.41) is 0.591. The summed E-state index contributed by atoms with van der Waals surface area (Å²) < 4.78 is 16.4. The van der Waals surface area contributed by atoms with Crippen molar-refractivity contribution in [3.8, 4) is 5.75 Å². The highest BCUT2D eigenvalue weighted by Crippen LogP contribution is 2.26. The van der Waals surface area contributed by atoms with Crippen molar-refractivity contribution >= 4 is 17.5 Å². The molecule has 1 aliphatic rings. The van der Waals surface area contributed by atoms with E-state index in [2.05, 4.69) is 0 Å². The summed E-state index contributed by atoms with van der Waals surface area (Å²) in [4.78, 5) is 14.5. The molecule has 128 valence electrons. The Labute approximate surface area is 142 Å². The average Bonchev–Trinajstić information content (AvgIpc) is 2.46. The molecular formula is C17H24ClNO4. The zero-order valence-corrected chi connectivity index (χ0v) is 14.9. The molecule has 1 unspecified atom stereocenters. The number of carbonyl (C=O) groups is 1. The molecule has 0 radical (unpaired) electrons. The van der Waals surface area contributed by atoms with Crippen LogP contribution in [0.1, 0.15) is 19.4 Å². The third kappa shape index (κ3) is 4.83. The van der Waals surface area contributed by atoms with Gasteiger partial charge in [0.25, 0.3) is 0 Å². The Hall–Kier alpha value is -1.30. The highest BCUT2D eigenvalue weighted by atomic mass is 35.5.